The number of benzene rings is 1. The summed E-state index contributed by atoms with van der Waals surface area (Å²) in [5.41, 5.74) is 0.958. The maximum Gasteiger partial charge on any atom is 0.392 e. The van der Waals surface area contributed by atoms with Crippen LogP contribution < -0.4 is 14.8 Å². The van der Waals surface area contributed by atoms with Crippen molar-refractivity contribution in [1.29, 1.82) is 0 Å². The molecule has 0 saturated carbocycles. The van der Waals surface area contributed by atoms with Crippen LogP contribution in [-0.2, 0) is 6.54 Å². The first-order chi connectivity index (χ1) is 9.61. The number of hydrogen-bond acceptors (Lipinski definition) is 3. The number of nitrogens with one attached hydrogen (secondary N) is 1. The highest BCUT2D eigenvalue weighted by Gasteiger charge is 2.27. The van der Waals surface area contributed by atoms with Crippen molar-refractivity contribution in [3.63, 3.8) is 0 Å². The summed E-state index contributed by atoms with van der Waals surface area (Å²) < 4.78 is 46.6. The van der Waals surface area contributed by atoms with Gasteiger partial charge in [-0.25, -0.2) is 0 Å². The van der Waals surface area contributed by atoms with E-state index in [9.17, 15) is 13.2 Å². The molecule has 0 saturated heterocycles. The van der Waals surface area contributed by atoms with Crippen LogP contribution in [0.25, 0.3) is 0 Å². The summed E-state index contributed by atoms with van der Waals surface area (Å²) in [6, 6.07) is 5.21. The minimum Gasteiger partial charge on any atom is -0.493 e. The molecule has 3 nitrogen and oxygen atoms in total. The lowest BCUT2D eigenvalue weighted by Gasteiger charge is -2.21. The van der Waals surface area contributed by atoms with Crippen LogP contribution in [0.1, 0.15) is 32.8 Å². The van der Waals surface area contributed by atoms with Crippen molar-refractivity contribution in [3.8, 4) is 11.5 Å². The first-order valence-corrected chi connectivity index (χ1v) is 6.72. The average Bonchev–Trinajstić information content (AvgIpc) is 2.35. The zero-order valence-electron chi connectivity index (χ0n) is 12.8. The number of hydrogen-bond donors (Lipinski definition) is 1. The second kappa shape index (κ2) is 7.02. The second-order valence-corrected chi connectivity index (χ2v) is 5.80. The van der Waals surface area contributed by atoms with Crippen LogP contribution in [0, 0.1) is 0 Å². The highest BCUT2D eigenvalue weighted by molar-refractivity contribution is 5.43. The Morgan fingerprint density at radius 2 is 1.76 bits per heavy atom. The molecule has 0 aromatic heterocycles. The van der Waals surface area contributed by atoms with Gasteiger partial charge in [-0.05, 0) is 38.5 Å². The van der Waals surface area contributed by atoms with Gasteiger partial charge in [-0.3, -0.25) is 0 Å². The zero-order chi connectivity index (χ0) is 16.1. The van der Waals surface area contributed by atoms with Crippen LogP contribution in [-0.4, -0.2) is 25.4 Å². The molecule has 120 valence electrons. The first-order valence-electron chi connectivity index (χ1n) is 6.72. The molecule has 1 N–H and O–H groups in total. The zero-order valence-corrected chi connectivity index (χ0v) is 12.8. The van der Waals surface area contributed by atoms with Crippen LogP contribution in [0.3, 0.4) is 0 Å². The molecule has 1 rings (SSSR count). The van der Waals surface area contributed by atoms with Crippen molar-refractivity contribution in [1.82, 2.24) is 5.32 Å². The standard InChI is InChI=1S/C15H22F3NO2/c1-14(2,3)19-10-11-5-6-12(13(9-11)20-4)21-8-7-15(16,17)18/h5-6,9,19H,7-8,10H2,1-4H3. The normalized spacial score (nSPS) is 12.3. The van der Waals surface area contributed by atoms with E-state index in [-0.39, 0.29) is 5.54 Å². The number of ether oxygens (including phenoxy) is 2. The van der Waals surface area contributed by atoms with Crippen molar-refractivity contribution in [2.24, 2.45) is 0 Å². The molecule has 0 bridgehead atoms. The van der Waals surface area contributed by atoms with Gasteiger partial charge in [0.25, 0.3) is 0 Å². The molecule has 0 heterocycles. The highest BCUT2D eigenvalue weighted by Crippen LogP contribution is 2.29. The van der Waals surface area contributed by atoms with E-state index in [1.807, 2.05) is 6.07 Å². The second-order valence-electron chi connectivity index (χ2n) is 5.80. The van der Waals surface area contributed by atoms with Gasteiger partial charge < -0.3 is 14.8 Å². The Bertz CT molecular complexity index is 453. The lowest BCUT2D eigenvalue weighted by Crippen LogP contribution is -2.35. The molecule has 0 atom stereocenters. The summed E-state index contributed by atoms with van der Waals surface area (Å²) >= 11 is 0. The minimum atomic E-state index is -4.22. The third-order valence-corrected chi connectivity index (χ3v) is 2.69. The molecule has 0 spiro atoms. The quantitative estimate of drug-likeness (QED) is 0.864. The van der Waals surface area contributed by atoms with Crippen molar-refractivity contribution in [2.75, 3.05) is 13.7 Å². The summed E-state index contributed by atoms with van der Waals surface area (Å²) in [6.07, 6.45) is -5.20. The van der Waals surface area contributed by atoms with Gasteiger partial charge in [-0.15, -0.1) is 0 Å². The van der Waals surface area contributed by atoms with E-state index in [1.54, 1.807) is 12.1 Å². The highest BCUT2D eigenvalue weighted by atomic mass is 19.4. The smallest absolute Gasteiger partial charge is 0.392 e. The maximum atomic E-state index is 12.1. The Balaban J connectivity index is 2.66. The van der Waals surface area contributed by atoms with E-state index < -0.39 is 19.2 Å². The summed E-state index contributed by atoms with van der Waals surface area (Å²) in [7, 11) is 1.47. The molecule has 1 aromatic rings. The molecule has 6 heteroatoms. The van der Waals surface area contributed by atoms with Gasteiger partial charge >= 0.3 is 6.18 Å². The van der Waals surface area contributed by atoms with Crippen molar-refractivity contribution in [3.05, 3.63) is 23.8 Å². The lowest BCUT2D eigenvalue weighted by atomic mass is 10.1. The van der Waals surface area contributed by atoms with E-state index in [0.717, 1.165) is 5.56 Å². The van der Waals surface area contributed by atoms with Gasteiger partial charge in [0.05, 0.1) is 20.1 Å². The van der Waals surface area contributed by atoms with Crippen LogP contribution in [0.5, 0.6) is 11.5 Å². The molecule has 0 unspecified atom stereocenters. The van der Waals surface area contributed by atoms with Gasteiger partial charge in [-0.1, -0.05) is 6.07 Å². The predicted octanol–water partition coefficient (Wildman–Crippen LogP) is 3.91. The fourth-order valence-corrected chi connectivity index (χ4v) is 1.59. The summed E-state index contributed by atoms with van der Waals surface area (Å²) in [6.45, 7) is 6.39. The van der Waals surface area contributed by atoms with Crippen LogP contribution >= 0.6 is 0 Å². The van der Waals surface area contributed by atoms with Crippen molar-refractivity contribution >= 4 is 0 Å². The molecule has 0 aliphatic heterocycles. The van der Waals surface area contributed by atoms with E-state index in [4.69, 9.17) is 9.47 Å². The Kier molecular flexibility index (Phi) is 5.89. The Hall–Kier alpha value is -1.43. The lowest BCUT2D eigenvalue weighted by molar-refractivity contribution is -0.139. The van der Waals surface area contributed by atoms with Gasteiger partial charge in [0.2, 0.25) is 0 Å². The average molecular weight is 305 g/mol. The van der Waals surface area contributed by atoms with Gasteiger partial charge in [0.1, 0.15) is 0 Å². The number of rotatable bonds is 6. The van der Waals surface area contributed by atoms with Gasteiger partial charge in [-0.2, -0.15) is 13.2 Å². The molecular weight excluding hydrogens is 283 g/mol. The van der Waals surface area contributed by atoms with Crippen molar-refractivity contribution < 1.29 is 22.6 Å². The van der Waals surface area contributed by atoms with E-state index in [0.29, 0.717) is 18.0 Å². The molecular formula is C15H22F3NO2. The van der Waals surface area contributed by atoms with Crippen LogP contribution in [0.4, 0.5) is 13.2 Å². The Morgan fingerprint density at radius 1 is 1.10 bits per heavy atom. The molecule has 0 amide bonds. The predicted molar refractivity (Wildman–Crippen MR) is 75.8 cm³/mol. The molecule has 0 radical (unpaired) electrons. The largest absolute Gasteiger partial charge is 0.493 e. The molecule has 1 aromatic carbocycles. The first kappa shape index (κ1) is 17.6. The molecule has 0 aliphatic carbocycles. The monoisotopic (exact) mass is 305 g/mol. The number of alkyl halides is 3. The van der Waals surface area contributed by atoms with Gasteiger partial charge in [0, 0.05) is 12.1 Å². The molecule has 21 heavy (non-hydrogen) atoms. The van der Waals surface area contributed by atoms with E-state index in [1.165, 1.54) is 7.11 Å². The number of halogens is 3. The van der Waals surface area contributed by atoms with Crippen LogP contribution in [0.2, 0.25) is 0 Å². The van der Waals surface area contributed by atoms with E-state index >= 15 is 0 Å². The van der Waals surface area contributed by atoms with Crippen LogP contribution in [0.15, 0.2) is 18.2 Å². The van der Waals surface area contributed by atoms with Gasteiger partial charge in [0.15, 0.2) is 11.5 Å². The summed E-state index contributed by atoms with van der Waals surface area (Å²) in [4.78, 5) is 0. The topological polar surface area (TPSA) is 30.5 Å². The number of methoxy groups -OCH3 is 1. The fraction of sp³-hybridized carbons (Fsp3) is 0.600. The Morgan fingerprint density at radius 3 is 2.29 bits per heavy atom. The molecule has 0 fully saturated rings. The SMILES string of the molecule is COc1cc(CNC(C)(C)C)ccc1OCCC(F)(F)F. The minimum absolute atomic E-state index is 0.0187. The maximum absolute atomic E-state index is 12.1. The summed E-state index contributed by atoms with van der Waals surface area (Å²) in [5.74, 6) is 0.756. The molecule has 0 aliphatic rings. The van der Waals surface area contributed by atoms with Crippen molar-refractivity contribution in [2.45, 2.75) is 45.5 Å². The summed E-state index contributed by atoms with van der Waals surface area (Å²) in [5, 5.41) is 3.33. The third kappa shape index (κ3) is 7.22. The Labute approximate surface area is 123 Å². The van der Waals surface area contributed by atoms with E-state index in [2.05, 4.69) is 26.1 Å². The fourth-order valence-electron chi connectivity index (χ4n) is 1.59. The third-order valence-electron chi connectivity index (χ3n) is 2.69.